The highest BCUT2D eigenvalue weighted by atomic mass is 16.7. The molecule has 0 radical (unpaired) electrons. The second-order valence-electron chi connectivity index (χ2n) is 10.8. The van der Waals surface area contributed by atoms with Gasteiger partial charge in [0.1, 0.15) is 6.79 Å². The lowest BCUT2D eigenvalue weighted by atomic mass is 9.78. The maximum absolute atomic E-state index is 14.3. The number of ether oxygens (including phenoxy) is 9. The van der Waals surface area contributed by atoms with Crippen molar-refractivity contribution in [3.63, 3.8) is 0 Å². The molecule has 0 heterocycles. The molecule has 3 aromatic rings. The van der Waals surface area contributed by atoms with E-state index in [1.807, 2.05) is 30.3 Å². The van der Waals surface area contributed by atoms with Crippen LogP contribution in [-0.2, 0) is 25.6 Å². The zero-order chi connectivity index (χ0) is 34.5. The molecule has 0 saturated heterocycles. The lowest BCUT2D eigenvalue weighted by Crippen LogP contribution is -2.43. The van der Waals surface area contributed by atoms with Crippen molar-refractivity contribution < 1.29 is 52.5 Å². The van der Waals surface area contributed by atoms with Crippen LogP contribution >= 0.6 is 0 Å². The lowest BCUT2D eigenvalue weighted by molar-refractivity contribution is -0.158. The topological polar surface area (TPSA) is 124 Å². The monoisotopic (exact) mass is 657 g/mol. The fourth-order valence-electron chi connectivity index (χ4n) is 5.45. The predicted octanol–water partition coefficient (Wildman–Crippen LogP) is 4.67. The first kappa shape index (κ1) is 37.2. The van der Waals surface area contributed by atoms with E-state index in [1.165, 1.54) is 54.7 Å². The number of aliphatic hydroxyl groups is 1. The smallest absolute Gasteiger partial charge is 0.228 e. The largest absolute Gasteiger partial charge is 0.493 e. The van der Waals surface area contributed by atoms with Gasteiger partial charge in [0.05, 0.1) is 74.0 Å². The van der Waals surface area contributed by atoms with Crippen molar-refractivity contribution in [2.24, 2.45) is 11.8 Å². The molecule has 12 nitrogen and oxygen atoms in total. The van der Waals surface area contributed by atoms with E-state index in [0.717, 1.165) is 5.56 Å². The van der Waals surface area contributed by atoms with Crippen LogP contribution < -0.4 is 28.4 Å². The van der Waals surface area contributed by atoms with Crippen LogP contribution in [0.2, 0.25) is 0 Å². The molecule has 1 N–H and O–H groups in total. The Morgan fingerprint density at radius 3 is 1.64 bits per heavy atom. The Labute approximate surface area is 276 Å². The molecule has 0 aliphatic carbocycles. The minimum absolute atomic E-state index is 0.0335. The van der Waals surface area contributed by atoms with Gasteiger partial charge in [-0.1, -0.05) is 30.3 Å². The van der Waals surface area contributed by atoms with E-state index in [4.69, 9.17) is 42.6 Å². The van der Waals surface area contributed by atoms with E-state index in [2.05, 4.69) is 0 Å². The Morgan fingerprint density at radius 1 is 0.723 bits per heavy atom. The summed E-state index contributed by atoms with van der Waals surface area (Å²) in [6.45, 7) is 0.0562. The minimum atomic E-state index is -1.27. The van der Waals surface area contributed by atoms with Gasteiger partial charge in [-0.15, -0.1) is 0 Å². The van der Waals surface area contributed by atoms with Gasteiger partial charge < -0.3 is 52.6 Å². The molecular weight excluding hydrogens is 610 g/mol. The summed E-state index contributed by atoms with van der Waals surface area (Å²) in [6, 6.07) is 16.4. The molecule has 4 atom stereocenters. The molecule has 0 saturated carbocycles. The molecule has 1 unspecified atom stereocenters. The van der Waals surface area contributed by atoms with Crippen LogP contribution in [0.4, 0.5) is 0 Å². The SMILES string of the molecule is COCOC(c1cc(OC)c(OC)c(OC)c1)[C@H](C(=O)N(C)C)[C@H](COCc1ccccc1)[C@@H](O)c1cc(OC)c(OC)c(OC)c1. The number of hydrogen-bond donors (Lipinski definition) is 1. The molecule has 0 fully saturated rings. The van der Waals surface area contributed by atoms with Crippen LogP contribution in [0, 0.1) is 11.8 Å². The molecule has 3 rings (SSSR count). The zero-order valence-electron chi connectivity index (χ0n) is 28.6. The molecule has 47 heavy (non-hydrogen) atoms. The number of nitrogens with zero attached hydrogens (tertiary/aromatic N) is 1. The Balaban J connectivity index is 2.26. The summed E-state index contributed by atoms with van der Waals surface area (Å²) in [6.07, 6.45) is -2.25. The summed E-state index contributed by atoms with van der Waals surface area (Å²) in [5, 5.41) is 12.2. The van der Waals surface area contributed by atoms with Gasteiger partial charge in [-0.3, -0.25) is 4.79 Å². The quantitative estimate of drug-likeness (QED) is 0.181. The normalized spacial score (nSPS) is 13.6. The predicted molar refractivity (Wildman–Crippen MR) is 175 cm³/mol. The molecule has 1 amide bonds. The number of methoxy groups -OCH3 is 7. The third-order valence-corrected chi connectivity index (χ3v) is 7.75. The van der Waals surface area contributed by atoms with Gasteiger partial charge in [-0.2, -0.15) is 0 Å². The Kier molecular flexibility index (Phi) is 14.4. The Morgan fingerprint density at radius 2 is 1.21 bits per heavy atom. The summed E-state index contributed by atoms with van der Waals surface area (Å²) in [5.74, 6) is -0.0570. The molecule has 12 heteroatoms. The minimum Gasteiger partial charge on any atom is -0.493 e. The number of carbonyl (C=O) groups excluding carboxylic acids is 1. The molecule has 3 aromatic carbocycles. The Hall–Kier alpha value is -4.23. The first-order chi connectivity index (χ1) is 22.7. The van der Waals surface area contributed by atoms with E-state index in [0.29, 0.717) is 45.6 Å². The molecule has 0 aliphatic heterocycles. The van der Waals surface area contributed by atoms with Crippen molar-refractivity contribution in [3.05, 3.63) is 71.3 Å². The lowest BCUT2D eigenvalue weighted by Gasteiger charge is -2.37. The van der Waals surface area contributed by atoms with Crippen molar-refractivity contribution in [3.8, 4) is 34.5 Å². The second kappa shape index (κ2) is 18.2. The van der Waals surface area contributed by atoms with Crippen LogP contribution in [0.1, 0.15) is 28.9 Å². The van der Waals surface area contributed by atoms with Crippen molar-refractivity contribution >= 4 is 5.91 Å². The van der Waals surface area contributed by atoms with Crippen molar-refractivity contribution in [2.75, 3.05) is 77.3 Å². The fraction of sp³-hybridized carbons (Fsp3) is 0.457. The number of benzene rings is 3. The molecule has 0 aromatic heterocycles. The van der Waals surface area contributed by atoms with Gasteiger partial charge in [0, 0.05) is 27.1 Å². The third kappa shape index (κ3) is 8.98. The first-order valence-corrected chi connectivity index (χ1v) is 14.9. The highest BCUT2D eigenvalue weighted by molar-refractivity contribution is 5.80. The standard InChI is InChI=1S/C35H47NO11/c1-36(2)35(38)30(32(47-21-39-3)24-17-28(42-6)34(45-9)29(18-24)43-7)25(20-46-19-22-13-11-10-12-14-22)31(37)23-15-26(40-4)33(44-8)27(16-23)41-5/h10-18,25,30-32,37H,19-21H2,1-9H3/t25-,30+,31-,32?/m0/s1. The maximum atomic E-state index is 14.3. The average molecular weight is 658 g/mol. The van der Waals surface area contributed by atoms with Crippen LogP contribution in [0.15, 0.2) is 54.6 Å². The zero-order valence-corrected chi connectivity index (χ0v) is 28.6. The van der Waals surface area contributed by atoms with Gasteiger partial charge in [-0.05, 0) is 41.0 Å². The van der Waals surface area contributed by atoms with Crippen LogP contribution in [0.5, 0.6) is 34.5 Å². The third-order valence-electron chi connectivity index (χ3n) is 7.75. The average Bonchev–Trinajstić information content (AvgIpc) is 3.10. The number of amides is 1. The molecule has 258 valence electrons. The summed E-state index contributed by atoms with van der Waals surface area (Å²) >= 11 is 0. The van der Waals surface area contributed by atoms with Crippen molar-refractivity contribution in [2.45, 2.75) is 18.8 Å². The van der Waals surface area contributed by atoms with Crippen LogP contribution in [0.25, 0.3) is 0 Å². The van der Waals surface area contributed by atoms with Gasteiger partial charge >= 0.3 is 0 Å². The number of aliphatic hydroxyl groups excluding tert-OH is 1. The van der Waals surface area contributed by atoms with E-state index >= 15 is 0 Å². The van der Waals surface area contributed by atoms with Crippen molar-refractivity contribution in [1.82, 2.24) is 4.90 Å². The number of rotatable bonds is 19. The van der Waals surface area contributed by atoms with Gasteiger partial charge in [0.25, 0.3) is 0 Å². The van der Waals surface area contributed by atoms with E-state index < -0.39 is 24.0 Å². The van der Waals surface area contributed by atoms with Gasteiger partial charge in [0.2, 0.25) is 17.4 Å². The summed E-state index contributed by atoms with van der Waals surface area (Å²) in [7, 11) is 13.8. The van der Waals surface area contributed by atoms with Crippen molar-refractivity contribution in [1.29, 1.82) is 0 Å². The van der Waals surface area contributed by atoms with Gasteiger partial charge in [-0.25, -0.2) is 0 Å². The molecule has 0 aliphatic rings. The number of carbonyl (C=O) groups is 1. The first-order valence-electron chi connectivity index (χ1n) is 14.9. The van der Waals surface area contributed by atoms with Gasteiger partial charge in [0.15, 0.2) is 23.0 Å². The van der Waals surface area contributed by atoms with Crippen LogP contribution in [-0.4, -0.2) is 93.2 Å². The highest BCUT2D eigenvalue weighted by Gasteiger charge is 2.43. The van der Waals surface area contributed by atoms with E-state index in [1.54, 1.807) is 38.4 Å². The summed E-state index contributed by atoms with van der Waals surface area (Å²) in [5.41, 5.74) is 1.88. The summed E-state index contributed by atoms with van der Waals surface area (Å²) in [4.78, 5) is 15.7. The van der Waals surface area contributed by atoms with E-state index in [-0.39, 0.29) is 25.9 Å². The van der Waals surface area contributed by atoms with Crippen LogP contribution in [0.3, 0.4) is 0 Å². The molecule has 0 bridgehead atoms. The molecule has 0 spiro atoms. The maximum Gasteiger partial charge on any atom is 0.228 e. The van der Waals surface area contributed by atoms with E-state index in [9.17, 15) is 9.90 Å². The summed E-state index contributed by atoms with van der Waals surface area (Å²) < 4.78 is 51.3. The highest BCUT2D eigenvalue weighted by Crippen LogP contribution is 2.47. The molecular formula is C35H47NO11. The Bertz CT molecular complexity index is 1370. The number of hydrogen-bond acceptors (Lipinski definition) is 11. The second-order valence-corrected chi connectivity index (χ2v) is 10.8. The fourth-order valence-corrected chi connectivity index (χ4v) is 5.45.